The summed E-state index contributed by atoms with van der Waals surface area (Å²) in [6.45, 7) is 3.91. The Morgan fingerprint density at radius 3 is 2.84 bits per heavy atom. The van der Waals surface area contributed by atoms with Crippen LogP contribution in [0.3, 0.4) is 0 Å². The zero-order chi connectivity index (χ0) is 14.0. The molecule has 0 unspecified atom stereocenters. The average Bonchev–Trinajstić information content (AvgIpc) is 2.83. The van der Waals surface area contributed by atoms with Crippen molar-refractivity contribution < 1.29 is 4.79 Å². The van der Waals surface area contributed by atoms with Crippen LogP contribution in [-0.4, -0.2) is 39.4 Å². The number of aromatic amines is 1. The van der Waals surface area contributed by atoms with Gasteiger partial charge in [0.15, 0.2) is 11.5 Å². The first-order valence-corrected chi connectivity index (χ1v) is 5.86. The zero-order valence-electron chi connectivity index (χ0n) is 11.1. The fraction of sp³-hybridized carbons (Fsp3) is 0.455. The highest BCUT2D eigenvalue weighted by Gasteiger charge is 2.25. The smallest absolute Gasteiger partial charge is 0.226 e. The van der Waals surface area contributed by atoms with Gasteiger partial charge in [0.25, 0.3) is 0 Å². The van der Waals surface area contributed by atoms with E-state index < -0.39 is 5.41 Å². The number of hydrogen-bond donors (Lipinski definition) is 4. The summed E-state index contributed by atoms with van der Waals surface area (Å²) < 4.78 is 0. The van der Waals surface area contributed by atoms with Gasteiger partial charge in [0.1, 0.15) is 5.52 Å². The van der Waals surface area contributed by atoms with Crippen LogP contribution < -0.4 is 16.4 Å². The molecule has 5 N–H and O–H groups in total. The predicted molar refractivity (Wildman–Crippen MR) is 72.7 cm³/mol. The number of rotatable bonds is 5. The Morgan fingerprint density at radius 2 is 2.21 bits per heavy atom. The van der Waals surface area contributed by atoms with Crippen LogP contribution in [-0.2, 0) is 4.79 Å². The summed E-state index contributed by atoms with van der Waals surface area (Å²) in [6.07, 6.45) is 1.54. The van der Waals surface area contributed by atoms with Gasteiger partial charge in [-0.15, -0.1) is 0 Å². The summed E-state index contributed by atoms with van der Waals surface area (Å²) in [5.41, 5.74) is 5.92. The van der Waals surface area contributed by atoms with Crippen LogP contribution in [0, 0.1) is 5.41 Å². The van der Waals surface area contributed by atoms with Gasteiger partial charge in [-0.3, -0.25) is 4.79 Å². The van der Waals surface area contributed by atoms with Gasteiger partial charge >= 0.3 is 0 Å². The van der Waals surface area contributed by atoms with E-state index in [1.165, 1.54) is 0 Å². The SMILES string of the molecule is CNc1nc(NCC(C)(C)C(N)=O)c2[nH]cnc2n1. The first-order valence-electron chi connectivity index (χ1n) is 5.86. The fourth-order valence-corrected chi connectivity index (χ4v) is 1.46. The Hall–Kier alpha value is -2.38. The maximum Gasteiger partial charge on any atom is 0.226 e. The number of fused-ring (bicyclic) bond motifs is 1. The second-order valence-corrected chi connectivity index (χ2v) is 4.85. The summed E-state index contributed by atoms with van der Waals surface area (Å²) in [7, 11) is 1.73. The molecule has 0 aliphatic heterocycles. The number of anilines is 2. The highest BCUT2D eigenvalue weighted by Crippen LogP contribution is 2.21. The topological polar surface area (TPSA) is 122 Å². The van der Waals surface area contributed by atoms with E-state index in [0.717, 1.165) is 0 Å². The number of nitrogens with two attached hydrogens (primary N) is 1. The third-order valence-electron chi connectivity index (χ3n) is 2.87. The van der Waals surface area contributed by atoms with Crippen LogP contribution in [0.15, 0.2) is 6.33 Å². The summed E-state index contributed by atoms with van der Waals surface area (Å²) >= 11 is 0. The number of primary amides is 1. The molecule has 0 aliphatic carbocycles. The number of H-pyrrole nitrogens is 1. The molecule has 102 valence electrons. The molecule has 2 aromatic rings. The molecule has 0 atom stereocenters. The molecule has 2 aromatic heterocycles. The molecule has 0 saturated carbocycles. The molecule has 0 spiro atoms. The van der Waals surface area contributed by atoms with Gasteiger partial charge in [0, 0.05) is 13.6 Å². The number of amides is 1. The van der Waals surface area contributed by atoms with Crippen molar-refractivity contribution in [2.45, 2.75) is 13.8 Å². The minimum absolute atomic E-state index is 0.372. The Labute approximate surface area is 110 Å². The molecule has 0 fully saturated rings. The minimum atomic E-state index is -0.670. The largest absolute Gasteiger partial charge is 0.369 e. The maximum absolute atomic E-state index is 11.3. The van der Waals surface area contributed by atoms with Gasteiger partial charge in [-0.25, -0.2) is 4.98 Å². The van der Waals surface area contributed by atoms with E-state index in [1.54, 1.807) is 27.2 Å². The third-order valence-corrected chi connectivity index (χ3v) is 2.87. The molecule has 2 heterocycles. The number of hydrogen-bond acceptors (Lipinski definition) is 6. The van der Waals surface area contributed by atoms with E-state index in [0.29, 0.717) is 29.5 Å². The van der Waals surface area contributed by atoms with Crippen molar-refractivity contribution in [3.63, 3.8) is 0 Å². The van der Waals surface area contributed by atoms with Crippen molar-refractivity contribution in [2.75, 3.05) is 24.2 Å². The molecule has 1 amide bonds. The lowest BCUT2D eigenvalue weighted by Crippen LogP contribution is -2.37. The molecule has 0 aromatic carbocycles. The number of carbonyl (C=O) groups is 1. The van der Waals surface area contributed by atoms with Gasteiger partial charge < -0.3 is 21.4 Å². The third kappa shape index (κ3) is 2.56. The van der Waals surface area contributed by atoms with Crippen molar-refractivity contribution in [2.24, 2.45) is 11.1 Å². The molecule has 0 aliphatic rings. The molecular weight excluding hydrogens is 246 g/mol. The van der Waals surface area contributed by atoms with Crippen LogP contribution in [0.2, 0.25) is 0 Å². The Kier molecular flexibility index (Phi) is 3.24. The average molecular weight is 263 g/mol. The van der Waals surface area contributed by atoms with Crippen LogP contribution in [0.5, 0.6) is 0 Å². The number of imidazole rings is 1. The van der Waals surface area contributed by atoms with Crippen LogP contribution >= 0.6 is 0 Å². The first kappa shape index (κ1) is 13.1. The van der Waals surface area contributed by atoms with Gasteiger partial charge in [-0.2, -0.15) is 9.97 Å². The normalized spacial score (nSPS) is 11.5. The highest BCUT2D eigenvalue weighted by atomic mass is 16.1. The molecule has 0 saturated heterocycles. The van der Waals surface area contributed by atoms with Gasteiger partial charge in [0.2, 0.25) is 11.9 Å². The number of nitrogens with zero attached hydrogens (tertiary/aromatic N) is 3. The lowest BCUT2D eigenvalue weighted by atomic mass is 9.93. The summed E-state index contributed by atoms with van der Waals surface area (Å²) in [5, 5.41) is 5.97. The highest BCUT2D eigenvalue weighted by molar-refractivity contribution is 5.85. The van der Waals surface area contributed by atoms with Gasteiger partial charge in [0.05, 0.1) is 11.7 Å². The van der Waals surface area contributed by atoms with E-state index in [4.69, 9.17) is 5.73 Å². The Bertz CT molecular complexity index is 604. The quantitative estimate of drug-likeness (QED) is 0.616. The lowest BCUT2D eigenvalue weighted by Gasteiger charge is -2.21. The molecular formula is C11H17N7O. The summed E-state index contributed by atoms with van der Waals surface area (Å²) in [6, 6.07) is 0. The lowest BCUT2D eigenvalue weighted by molar-refractivity contribution is -0.125. The molecule has 19 heavy (non-hydrogen) atoms. The zero-order valence-corrected chi connectivity index (χ0v) is 11.1. The van der Waals surface area contributed by atoms with E-state index in [1.807, 2.05) is 0 Å². The van der Waals surface area contributed by atoms with Gasteiger partial charge in [-0.1, -0.05) is 0 Å². The maximum atomic E-state index is 11.3. The number of aromatic nitrogens is 4. The van der Waals surface area contributed by atoms with E-state index in [-0.39, 0.29) is 5.91 Å². The first-order chi connectivity index (χ1) is 8.94. The molecule has 0 radical (unpaired) electrons. The van der Waals surface area contributed by atoms with Crippen molar-refractivity contribution in [3.05, 3.63) is 6.33 Å². The molecule has 0 bridgehead atoms. The standard InChI is InChI=1S/C11H17N7O/c1-11(2,9(12)19)4-14-7-6-8(16-5-15-6)18-10(13-3)17-7/h5H,4H2,1-3H3,(H2,12,19)(H3,13,14,15,16,17,18). The van der Waals surface area contributed by atoms with Gasteiger partial charge in [-0.05, 0) is 13.8 Å². The molecule has 2 rings (SSSR count). The van der Waals surface area contributed by atoms with Crippen LogP contribution in [0.1, 0.15) is 13.8 Å². The fourth-order valence-electron chi connectivity index (χ4n) is 1.46. The Balaban J connectivity index is 2.29. The van der Waals surface area contributed by atoms with Crippen molar-refractivity contribution >= 4 is 28.8 Å². The second-order valence-electron chi connectivity index (χ2n) is 4.85. The number of carbonyl (C=O) groups excluding carboxylic acids is 1. The summed E-state index contributed by atoms with van der Waals surface area (Å²) in [4.78, 5) is 26.8. The molecule has 8 nitrogen and oxygen atoms in total. The van der Waals surface area contributed by atoms with E-state index >= 15 is 0 Å². The van der Waals surface area contributed by atoms with Crippen LogP contribution in [0.25, 0.3) is 11.2 Å². The van der Waals surface area contributed by atoms with Crippen molar-refractivity contribution in [3.8, 4) is 0 Å². The second kappa shape index (κ2) is 4.71. The summed E-state index contributed by atoms with van der Waals surface area (Å²) in [5.74, 6) is 0.670. The van der Waals surface area contributed by atoms with E-state index in [2.05, 4.69) is 30.6 Å². The van der Waals surface area contributed by atoms with E-state index in [9.17, 15) is 4.79 Å². The minimum Gasteiger partial charge on any atom is -0.369 e. The number of nitrogens with one attached hydrogen (secondary N) is 3. The molecule has 8 heteroatoms. The van der Waals surface area contributed by atoms with Crippen molar-refractivity contribution in [1.82, 2.24) is 19.9 Å². The predicted octanol–water partition coefficient (Wildman–Crippen LogP) is 0.318. The Morgan fingerprint density at radius 1 is 1.47 bits per heavy atom. The monoisotopic (exact) mass is 263 g/mol. The van der Waals surface area contributed by atoms with Crippen LogP contribution in [0.4, 0.5) is 11.8 Å². The van der Waals surface area contributed by atoms with Crippen molar-refractivity contribution in [1.29, 1.82) is 0 Å².